The number of benzene rings is 1. The van der Waals surface area contributed by atoms with Gasteiger partial charge in [0.1, 0.15) is 0 Å². The van der Waals surface area contributed by atoms with Crippen LogP contribution in [-0.4, -0.2) is 11.8 Å². The Morgan fingerprint density at radius 1 is 1.00 bits per heavy atom. The summed E-state index contributed by atoms with van der Waals surface area (Å²) in [4.78, 5) is 1.43. The molecule has 0 aromatic heterocycles. The molecular weight excluding hydrogens is 262 g/mol. The van der Waals surface area contributed by atoms with E-state index in [0.717, 1.165) is 35.5 Å². The fourth-order valence-electron chi connectivity index (χ4n) is 5.21. The average Bonchev–Trinajstić information content (AvgIpc) is 2.44. The minimum Gasteiger partial charge on any atom is -0.381 e. The quantitative estimate of drug-likeness (QED) is 0.779. The van der Waals surface area contributed by atoms with Crippen molar-refractivity contribution in [2.75, 3.05) is 11.1 Å². The highest BCUT2D eigenvalue weighted by Gasteiger charge is 2.48. The van der Waals surface area contributed by atoms with Crippen LogP contribution in [0.5, 0.6) is 0 Å². The van der Waals surface area contributed by atoms with E-state index in [4.69, 9.17) is 0 Å². The molecule has 108 valence electrons. The maximum Gasteiger partial charge on any atom is 0.0480 e. The zero-order valence-electron chi connectivity index (χ0n) is 12.3. The van der Waals surface area contributed by atoms with E-state index in [0.29, 0.717) is 0 Å². The number of rotatable bonds is 4. The van der Waals surface area contributed by atoms with E-state index >= 15 is 0 Å². The van der Waals surface area contributed by atoms with Crippen molar-refractivity contribution in [1.82, 2.24) is 0 Å². The molecule has 0 unspecified atom stereocenters. The van der Waals surface area contributed by atoms with Crippen LogP contribution in [0.25, 0.3) is 0 Å². The summed E-state index contributed by atoms with van der Waals surface area (Å²) in [6.07, 6.45) is 7.52. The van der Waals surface area contributed by atoms with Crippen molar-refractivity contribution < 1.29 is 0 Å². The van der Waals surface area contributed by atoms with Crippen LogP contribution in [0.1, 0.15) is 39.0 Å². The lowest BCUT2D eigenvalue weighted by molar-refractivity contribution is 0.00747. The second kappa shape index (κ2) is 5.29. The molecule has 0 heterocycles. The van der Waals surface area contributed by atoms with E-state index in [1.165, 1.54) is 36.3 Å². The lowest BCUT2D eigenvalue weighted by Gasteiger charge is -2.54. The van der Waals surface area contributed by atoms with Gasteiger partial charge in [0, 0.05) is 16.6 Å². The SMILES string of the molecule is CCSc1ccccc1NC1C2CC3CC(C2)CC1C3. The van der Waals surface area contributed by atoms with Gasteiger partial charge < -0.3 is 5.32 Å². The third-order valence-corrected chi connectivity index (χ3v) is 6.69. The van der Waals surface area contributed by atoms with Crippen LogP contribution in [0, 0.1) is 23.7 Å². The fraction of sp³-hybridized carbons (Fsp3) is 0.667. The monoisotopic (exact) mass is 287 g/mol. The zero-order valence-corrected chi connectivity index (χ0v) is 13.2. The van der Waals surface area contributed by atoms with Gasteiger partial charge in [0.2, 0.25) is 0 Å². The second-order valence-corrected chi connectivity index (χ2v) is 8.34. The Hall–Kier alpha value is -0.630. The summed E-state index contributed by atoms with van der Waals surface area (Å²) in [5.41, 5.74) is 1.39. The molecular formula is C18H25NS. The molecule has 2 heteroatoms. The molecule has 0 radical (unpaired) electrons. The summed E-state index contributed by atoms with van der Waals surface area (Å²) in [6.45, 7) is 2.24. The number of hydrogen-bond acceptors (Lipinski definition) is 2. The molecule has 4 aliphatic carbocycles. The van der Waals surface area contributed by atoms with Crippen molar-refractivity contribution in [3.05, 3.63) is 24.3 Å². The molecule has 1 aromatic carbocycles. The van der Waals surface area contributed by atoms with Crippen LogP contribution in [0.3, 0.4) is 0 Å². The van der Waals surface area contributed by atoms with Crippen molar-refractivity contribution in [2.24, 2.45) is 23.7 Å². The fourth-order valence-corrected chi connectivity index (χ4v) is 5.98. The van der Waals surface area contributed by atoms with Gasteiger partial charge in [0.25, 0.3) is 0 Å². The standard InChI is InChI=1S/C18H25NS/c1-2-20-17-6-4-3-5-16(17)19-18-14-8-12-7-13(10-14)11-15(18)9-12/h3-6,12-15,18-19H,2,7-11H2,1H3. The molecule has 0 spiro atoms. The van der Waals surface area contributed by atoms with E-state index in [2.05, 4.69) is 36.5 Å². The summed E-state index contributed by atoms with van der Waals surface area (Å²) < 4.78 is 0. The molecule has 0 amide bonds. The highest BCUT2D eigenvalue weighted by Crippen LogP contribution is 2.54. The Bertz CT molecular complexity index is 456. The molecule has 1 N–H and O–H groups in total. The minimum atomic E-state index is 0.751. The number of anilines is 1. The van der Waals surface area contributed by atoms with Gasteiger partial charge in [-0.15, -0.1) is 11.8 Å². The molecule has 1 nitrogen and oxygen atoms in total. The summed E-state index contributed by atoms with van der Waals surface area (Å²) >= 11 is 1.97. The lowest BCUT2D eigenvalue weighted by atomic mass is 9.54. The molecule has 20 heavy (non-hydrogen) atoms. The first-order valence-corrected chi connectivity index (χ1v) is 9.30. The number of para-hydroxylation sites is 1. The summed E-state index contributed by atoms with van der Waals surface area (Å²) in [5.74, 6) is 5.18. The van der Waals surface area contributed by atoms with E-state index in [1.807, 2.05) is 11.8 Å². The molecule has 4 aliphatic rings. The van der Waals surface area contributed by atoms with E-state index in [9.17, 15) is 0 Å². The predicted molar refractivity (Wildman–Crippen MR) is 87.3 cm³/mol. The topological polar surface area (TPSA) is 12.0 Å². The van der Waals surface area contributed by atoms with Gasteiger partial charge in [-0.3, -0.25) is 0 Å². The maximum atomic E-state index is 3.96. The molecule has 4 fully saturated rings. The van der Waals surface area contributed by atoms with Gasteiger partial charge in [-0.2, -0.15) is 0 Å². The van der Waals surface area contributed by atoms with Crippen molar-refractivity contribution in [3.63, 3.8) is 0 Å². The number of hydrogen-bond donors (Lipinski definition) is 1. The van der Waals surface area contributed by atoms with E-state index in [-0.39, 0.29) is 0 Å². The predicted octanol–water partition coefficient (Wildman–Crippen LogP) is 5.04. The minimum absolute atomic E-state index is 0.751. The first-order chi connectivity index (χ1) is 9.83. The molecule has 1 aromatic rings. The van der Waals surface area contributed by atoms with Gasteiger partial charge in [0.05, 0.1) is 0 Å². The van der Waals surface area contributed by atoms with Gasteiger partial charge in [0.15, 0.2) is 0 Å². The first kappa shape index (κ1) is 13.1. The van der Waals surface area contributed by atoms with Crippen molar-refractivity contribution in [3.8, 4) is 0 Å². The van der Waals surface area contributed by atoms with Crippen LogP contribution >= 0.6 is 11.8 Å². The first-order valence-electron chi connectivity index (χ1n) is 8.32. The highest BCUT2D eigenvalue weighted by atomic mass is 32.2. The highest BCUT2D eigenvalue weighted by molar-refractivity contribution is 7.99. The van der Waals surface area contributed by atoms with Crippen LogP contribution in [0.2, 0.25) is 0 Å². The van der Waals surface area contributed by atoms with Crippen molar-refractivity contribution in [1.29, 1.82) is 0 Å². The largest absolute Gasteiger partial charge is 0.381 e. The summed E-state index contributed by atoms with van der Waals surface area (Å²) in [6, 6.07) is 9.65. The zero-order chi connectivity index (χ0) is 13.5. The van der Waals surface area contributed by atoms with Crippen LogP contribution in [0.15, 0.2) is 29.2 Å². The normalized spacial score (nSPS) is 38.1. The second-order valence-electron chi connectivity index (χ2n) is 7.03. The Kier molecular flexibility index (Phi) is 3.45. The van der Waals surface area contributed by atoms with Crippen molar-refractivity contribution >= 4 is 17.4 Å². The molecule has 4 saturated carbocycles. The van der Waals surface area contributed by atoms with E-state index < -0.39 is 0 Å². The molecule has 5 rings (SSSR count). The Morgan fingerprint density at radius 3 is 2.30 bits per heavy atom. The number of nitrogens with one attached hydrogen (secondary N) is 1. The van der Waals surface area contributed by atoms with Crippen molar-refractivity contribution in [2.45, 2.75) is 50.0 Å². The van der Waals surface area contributed by atoms with Crippen LogP contribution < -0.4 is 5.32 Å². The maximum absolute atomic E-state index is 3.96. The Morgan fingerprint density at radius 2 is 1.65 bits per heavy atom. The summed E-state index contributed by atoms with van der Waals surface area (Å²) in [7, 11) is 0. The smallest absolute Gasteiger partial charge is 0.0480 e. The Labute approximate surface area is 126 Å². The summed E-state index contributed by atoms with van der Waals surface area (Å²) in [5, 5.41) is 3.96. The van der Waals surface area contributed by atoms with Gasteiger partial charge in [-0.25, -0.2) is 0 Å². The molecule has 4 bridgehead atoms. The molecule has 0 aliphatic heterocycles. The lowest BCUT2D eigenvalue weighted by Crippen LogP contribution is -2.51. The van der Waals surface area contributed by atoms with Crippen LogP contribution in [0.4, 0.5) is 5.69 Å². The average molecular weight is 287 g/mol. The van der Waals surface area contributed by atoms with Crippen LogP contribution in [-0.2, 0) is 0 Å². The number of thioether (sulfide) groups is 1. The third kappa shape index (κ3) is 2.26. The molecule has 0 saturated heterocycles. The third-order valence-electron chi connectivity index (χ3n) is 5.74. The van der Waals surface area contributed by atoms with Gasteiger partial charge in [-0.1, -0.05) is 19.1 Å². The Balaban J connectivity index is 1.54. The van der Waals surface area contributed by atoms with E-state index in [1.54, 1.807) is 6.42 Å². The molecule has 0 atom stereocenters. The van der Waals surface area contributed by atoms with Gasteiger partial charge >= 0.3 is 0 Å². The van der Waals surface area contributed by atoms with Gasteiger partial charge in [-0.05, 0) is 73.7 Å².